The minimum Gasteiger partial charge on any atom is -0.357 e. The number of nitrogens with zero attached hydrogens (tertiary/aromatic N) is 1. The molecule has 8 aromatic rings. The molecule has 0 atom stereocenters. The first kappa shape index (κ1) is 39.9. The summed E-state index contributed by atoms with van der Waals surface area (Å²) in [5.74, 6) is -15.9. The van der Waals surface area contributed by atoms with Gasteiger partial charge in [-0.3, -0.25) is 0 Å². The Kier molecular flexibility index (Phi) is 9.75. The normalized spacial score (nSPS) is 12.0. The highest BCUT2D eigenvalue weighted by Gasteiger charge is 2.34. The predicted octanol–water partition coefficient (Wildman–Crippen LogP) is 12.4. The van der Waals surface area contributed by atoms with Gasteiger partial charge in [-0.1, -0.05) is 72.5 Å². The second-order valence-electron chi connectivity index (χ2n) is 14.0. The van der Waals surface area contributed by atoms with Crippen LogP contribution in [-0.4, -0.2) is 27.0 Å². The first-order valence-corrected chi connectivity index (χ1v) is 18.4. The first-order chi connectivity index (χ1) is 29.8. The maximum absolute atomic E-state index is 15.7. The molecule has 0 saturated heterocycles. The van der Waals surface area contributed by atoms with Crippen LogP contribution >= 0.6 is 0 Å². The quantitative estimate of drug-likeness (QED) is 0.0699. The maximum atomic E-state index is 15.7. The van der Waals surface area contributed by atoms with E-state index >= 15 is 17.6 Å². The number of hydrogen-bond acceptors (Lipinski definition) is 2. The van der Waals surface area contributed by atoms with Crippen molar-refractivity contribution in [2.24, 2.45) is 0 Å². The Balaban J connectivity index is 1.47. The summed E-state index contributed by atoms with van der Waals surface area (Å²) >= 11 is 0. The fourth-order valence-electron chi connectivity index (χ4n) is 7.55. The molecule has 308 valence electrons. The van der Waals surface area contributed by atoms with E-state index in [2.05, 4.69) is 31.8 Å². The number of H-pyrrole nitrogens is 3. The molecule has 0 unspecified atom stereocenters. The molecule has 0 saturated carbocycles. The molecule has 0 radical (unpaired) electrons. The lowest BCUT2D eigenvalue weighted by atomic mass is 9.86. The average Bonchev–Trinajstić information content (AvgIpc) is 4.15. The van der Waals surface area contributed by atoms with Crippen molar-refractivity contribution in [1.82, 2.24) is 19.9 Å². The average molecular weight is 851 g/mol. The number of fused-ring (bicyclic) bond motifs is 9. The van der Waals surface area contributed by atoms with Crippen LogP contribution in [0.1, 0.15) is 28.1 Å². The van der Waals surface area contributed by atoms with E-state index in [0.29, 0.717) is 11.1 Å². The third kappa shape index (κ3) is 6.21. The van der Waals surface area contributed by atoms with Gasteiger partial charge in [0.25, 0.3) is 0 Å². The van der Waals surface area contributed by atoms with Crippen molar-refractivity contribution < 1.29 is 48.6 Å². The van der Waals surface area contributed by atoms with E-state index < -0.39 is 86.0 Å². The number of benzene rings is 4. The summed E-state index contributed by atoms with van der Waals surface area (Å²) in [6, 6.07) is 25.7. The zero-order chi connectivity index (χ0) is 43.6. The van der Waals surface area contributed by atoms with Crippen molar-refractivity contribution in [3.63, 3.8) is 0 Å². The molecule has 0 fully saturated rings. The summed E-state index contributed by atoms with van der Waals surface area (Å²) in [4.78, 5) is 13.3. The zero-order valence-electron chi connectivity index (χ0n) is 31.5. The summed E-state index contributed by atoms with van der Waals surface area (Å²) in [6.45, 7) is 0. The highest BCUT2D eigenvalue weighted by Crippen LogP contribution is 2.40. The van der Waals surface area contributed by atoms with Crippen molar-refractivity contribution in [2.45, 2.75) is 5.60 Å². The van der Waals surface area contributed by atoms with E-state index in [1.54, 1.807) is 60.7 Å². The Morgan fingerprint density at radius 2 is 0.790 bits per heavy atom. The summed E-state index contributed by atoms with van der Waals surface area (Å²) in [5.41, 5.74) is -4.57. The molecule has 62 heavy (non-hydrogen) atoms. The molecular weight excluding hydrogens is 827 g/mol. The topological polar surface area (TPSA) is 69.5 Å². The Hall–Kier alpha value is -7.57. The minimum atomic E-state index is -2.38. The van der Waals surface area contributed by atoms with Gasteiger partial charge in [-0.2, -0.15) is 0 Å². The monoisotopic (exact) mass is 850 g/mol. The van der Waals surface area contributed by atoms with Gasteiger partial charge in [-0.05, 0) is 48.6 Å². The second-order valence-corrected chi connectivity index (χ2v) is 14.0. The predicted molar refractivity (Wildman–Crippen MR) is 213 cm³/mol. The third-order valence-corrected chi connectivity index (χ3v) is 10.5. The van der Waals surface area contributed by atoms with Gasteiger partial charge >= 0.3 is 0 Å². The first-order valence-electron chi connectivity index (χ1n) is 18.4. The largest absolute Gasteiger partial charge is 0.357 e. The molecule has 0 spiro atoms. The molecule has 4 aromatic heterocycles. The molecule has 0 amide bonds. The van der Waals surface area contributed by atoms with Crippen molar-refractivity contribution in [3.8, 4) is 34.1 Å². The number of nitrogens with one attached hydrogen (secondary N) is 3. The number of hydrogen-bond donors (Lipinski definition) is 3. The third-order valence-electron chi connectivity index (χ3n) is 10.5. The number of rotatable bonds is 5. The van der Waals surface area contributed by atoms with E-state index in [4.69, 9.17) is 4.74 Å². The molecule has 15 heteroatoms. The molecular formula is C47H24F10N4O. The second kappa shape index (κ2) is 15.2. The van der Waals surface area contributed by atoms with Gasteiger partial charge in [-0.25, -0.2) is 48.9 Å². The number of halogens is 10. The van der Waals surface area contributed by atoms with Crippen LogP contribution in [0.4, 0.5) is 43.9 Å². The molecule has 1 aliphatic rings. The van der Waals surface area contributed by atoms with Crippen LogP contribution in [0.2, 0.25) is 0 Å². The molecule has 9 rings (SSSR count). The molecule has 4 aromatic carbocycles. The molecule has 3 N–H and O–H groups in total. The zero-order valence-corrected chi connectivity index (χ0v) is 31.5. The molecule has 0 aliphatic carbocycles. The standard InChI is InChI=1S/C47H24F10N4O/c1-62-47(22-8-4-2-5-9-22,23-10-6-3-7-11-23)21-20-24-25-12-16-29(58-25)33(35-37(48)41(52)45(56)42(53)38(35)49)31-18-14-27(60-31)28-15-19-32(61-28)34(30-17-13-26(24)59-30)36-39(50)43(54)46(57)44(55)40(36)51/h2-19,58,60-61H,1H3. The number of methoxy groups -OCH3 is 1. The van der Waals surface area contributed by atoms with E-state index in [0.717, 1.165) is 0 Å². The summed E-state index contributed by atoms with van der Waals surface area (Å²) in [6.07, 6.45) is 2.61. The number of aromatic amines is 3. The summed E-state index contributed by atoms with van der Waals surface area (Å²) in [5, 5.41) is 0. The fraction of sp³-hybridized carbons (Fsp3) is 0.0426. The van der Waals surface area contributed by atoms with Crippen LogP contribution in [-0.2, 0) is 10.3 Å². The van der Waals surface area contributed by atoms with Gasteiger partial charge in [0.2, 0.25) is 11.6 Å². The van der Waals surface area contributed by atoms with E-state index in [-0.39, 0.29) is 50.1 Å². The molecule has 5 nitrogen and oxygen atoms in total. The van der Waals surface area contributed by atoms with E-state index in [9.17, 15) is 26.3 Å². The van der Waals surface area contributed by atoms with E-state index in [1.807, 2.05) is 0 Å². The number of ether oxygens (including phenoxy) is 1. The van der Waals surface area contributed by atoms with Crippen LogP contribution in [0, 0.1) is 70.0 Å². The summed E-state index contributed by atoms with van der Waals surface area (Å²) < 4.78 is 157. The van der Waals surface area contributed by atoms with Gasteiger partial charge in [0.15, 0.2) is 52.1 Å². The summed E-state index contributed by atoms with van der Waals surface area (Å²) in [7, 11) is 1.42. The highest BCUT2D eigenvalue weighted by molar-refractivity contribution is 5.98. The van der Waals surface area contributed by atoms with Crippen molar-refractivity contribution in [1.29, 1.82) is 0 Å². The van der Waals surface area contributed by atoms with Gasteiger partial charge in [0.1, 0.15) is 0 Å². The fourth-order valence-corrected chi connectivity index (χ4v) is 7.55. The molecule has 1 aliphatic heterocycles. The van der Waals surface area contributed by atoms with E-state index in [1.165, 1.54) is 55.7 Å². The Labute approximate surface area is 343 Å². The van der Waals surface area contributed by atoms with Crippen molar-refractivity contribution >= 4 is 45.3 Å². The highest BCUT2D eigenvalue weighted by atomic mass is 19.2. The minimum absolute atomic E-state index is 0.0152. The Morgan fingerprint density at radius 1 is 0.419 bits per heavy atom. The van der Waals surface area contributed by atoms with Gasteiger partial charge in [0.05, 0.1) is 44.6 Å². The van der Waals surface area contributed by atoms with Crippen LogP contribution in [0.5, 0.6) is 0 Å². The van der Waals surface area contributed by atoms with Gasteiger partial charge in [-0.15, -0.1) is 0 Å². The molecule has 5 heterocycles. The Bertz CT molecular complexity index is 3260. The smallest absolute Gasteiger partial charge is 0.200 e. The van der Waals surface area contributed by atoms with Crippen LogP contribution in [0.15, 0.2) is 97.1 Å². The van der Waals surface area contributed by atoms with Crippen LogP contribution in [0.3, 0.4) is 0 Å². The van der Waals surface area contributed by atoms with Crippen LogP contribution in [0.25, 0.3) is 67.5 Å². The molecule has 8 bridgehead atoms. The lowest BCUT2D eigenvalue weighted by molar-refractivity contribution is 0.0742. The van der Waals surface area contributed by atoms with Crippen molar-refractivity contribution in [3.05, 3.63) is 183 Å². The van der Waals surface area contributed by atoms with Crippen LogP contribution < -0.4 is 0 Å². The maximum Gasteiger partial charge on any atom is 0.200 e. The van der Waals surface area contributed by atoms with Gasteiger partial charge in [0, 0.05) is 45.9 Å². The Morgan fingerprint density at radius 3 is 1.26 bits per heavy atom. The lowest BCUT2D eigenvalue weighted by Crippen LogP contribution is -2.28. The SMILES string of the molecule is COC(C#Cc1c2nc(c(-c3c(F)c(F)c(F)c(F)c3F)c3ccc([nH]3)c3ccc([nH]3)c(-c3c(F)c(F)c(F)c(F)c3F)c3ccc1[nH]3)C=C2)(c1ccccc1)c1ccccc1. The van der Waals surface area contributed by atoms with Crippen molar-refractivity contribution in [2.75, 3.05) is 7.11 Å². The number of aromatic nitrogens is 4. The lowest BCUT2D eigenvalue weighted by Gasteiger charge is -2.28. The van der Waals surface area contributed by atoms with Gasteiger partial charge < -0.3 is 19.7 Å².